The van der Waals surface area contributed by atoms with E-state index in [1.54, 1.807) is 31.2 Å². The molecule has 0 saturated heterocycles. The quantitative estimate of drug-likeness (QED) is 0.829. The highest BCUT2D eigenvalue weighted by Gasteiger charge is 2.41. The predicted octanol–water partition coefficient (Wildman–Crippen LogP) is 2.44. The third-order valence-electron chi connectivity index (χ3n) is 4.77. The highest BCUT2D eigenvalue weighted by atomic mass is 32.2. The topological polar surface area (TPSA) is 102 Å². The fraction of sp³-hybridized carbons (Fsp3) is 0.500. The lowest BCUT2D eigenvalue weighted by molar-refractivity contribution is -0.122. The lowest BCUT2D eigenvalue weighted by atomic mass is 9.96. The molecule has 140 valence electrons. The normalized spacial score (nSPS) is 16.5. The van der Waals surface area contributed by atoms with Crippen LogP contribution in [0.5, 0.6) is 0 Å². The van der Waals surface area contributed by atoms with Gasteiger partial charge in [0.05, 0.1) is 10.6 Å². The maximum atomic E-state index is 12.5. The number of nitrogens with one attached hydrogen (secondary N) is 1. The van der Waals surface area contributed by atoms with E-state index in [2.05, 4.69) is 15.5 Å². The van der Waals surface area contributed by atoms with Crippen LogP contribution in [0.25, 0.3) is 0 Å². The Morgan fingerprint density at radius 2 is 1.85 bits per heavy atom. The largest absolute Gasteiger partial charge is 0.343 e. The number of sulfone groups is 1. The number of carbonyl (C=O) groups is 1. The minimum Gasteiger partial charge on any atom is -0.343 e. The summed E-state index contributed by atoms with van der Waals surface area (Å²) in [5, 5.41) is 6.94. The summed E-state index contributed by atoms with van der Waals surface area (Å²) in [5.74, 6) is 0.373. The van der Waals surface area contributed by atoms with Crippen molar-refractivity contribution < 1.29 is 17.7 Å². The molecule has 1 fully saturated rings. The van der Waals surface area contributed by atoms with Crippen LogP contribution in [0.1, 0.15) is 49.4 Å². The van der Waals surface area contributed by atoms with Crippen LogP contribution in [0, 0.1) is 13.8 Å². The molecule has 7 nitrogen and oxygen atoms in total. The molecule has 3 rings (SSSR count). The molecule has 0 spiro atoms. The van der Waals surface area contributed by atoms with E-state index >= 15 is 0 Å². The Balaban J connectivity index is 1.67. The Labute approximate surface area is 153 Å². The Morgan fingerprint density at radius 1 is 1.19 bits per heavy atom. The van der Waals surface area contributed by atoms with E-state index < -0.39 is 15.4 Å². The minimum absolute atomic E-state index is 0.102. The van der Waals surface area contributed by atoms with Crippen LogP contribution in [0.4, 0.5) is 0 Å². The first-order valence-corrected chi connectivity index (χ1v) is 10.4. The fourth-order valence-electron chi connectivity index (χ4n) is 3.30. The molecule has 0 aliphatic heterocycles. The molecule has 1 amide bonds. The standard InChI is InChI=1S/C18H23N3O4S/c1-13-5-7-15(8-6-13)26(23,24)12-9-16(22)20-18(10-3-4-11-18)17-19-14(2)25-21-17/h5-8H,3-4,9-12H2,1-2H3,(H,20,22). The number of nitrogens with zero attached hydrogens (tertiary/aromatic N) is 2. The van der Waals surface area contributed by atoms with Crippen molar-refractivity contribution in [1.82, 2.24) is 15.5 Å². The van der Waals surface area contributed by atoms with Crippen LogP contribution in [-0.2, 0) is 20.2 Å². The van der Waals surface area contributed by atoms with E-state index in [1.165, 1.54) is 0 Å². The van der Waals surface area contributed by atoms with E-state index in [4.69, 9.17) is 4.52 Å². The van der Waals surface area contributed by atoms with Crippen LogP contribution >= 0.6 is 0 Å². The van der Waals surface area contributed by atoms with E-state index in [0.717, 1.165) is 31.2 Å². The van der Waals surface area contributed by atoms with Gasteiger partial charge < -0.3 is 9.84 Å². The first kappa shape index (κ1) is 18.6. The van der Waals surface area contributed by atoms with Gasteiger partial charge in [0.15, 0.2) is 15.7 Å². The van der Waals surface area contributed by atoms with Crippen LogP contribution < -0.4 is 5.32 Å². The Hall–Kier alpha value is -2.22. The summed E-state index contributed by atoms with van der Waals surface area (Å²) < 4.78 is 29.9. The van der Waals surface area contributed by atoms with E-state index in [1.807, 2.05) is 6.92 Å². The molecule has 0 radical (unpaired) electrons. The van der Waals surface area contributed by atoms with Crippen molar-refractivity contribution in [3.63, 3.8) is 0 Å². The third-order valence-corrected chi connectivity index (χ3v) is 6.50. The Morgan fingerprint density at radius 3 is 2.42 bits per heavy atom. The molecule has 2 aromatic rings. The Kier molecular flexibility index (Phi) is 5.13. The van der Waals surface area contributed by atoms with Crippen molar-refractivity contribution in [3.8, 4) is 0 Å². The minimum atomic E-state index is -3.50. The Bertz CT molecular complexity index is 881. The van der Waals surface area contributed by atoms with E-state index in [9.17, 15) is 13.2 Å². The van der Waals surface area contributed by atoms with Gasteiger partial charge in [-0.2, -0.15) is 4.98 Å². The molecule has 1 N–H and O–H groups in total. The van der Waals surface area contributed by atoms with Gasteiger partial charge in [0, 0.05) is 13.3 Å². The molecule has 1 aliphatic rings. The zero-order valence-corrected chi connectivity index (χ0v) is 15.8. The first-order valence-electron chi connectivity index (χ1n) is 8.72. The molecule has 0 bridgehead atoms. The molecule has 26 heavy (non-hydrogen) atoms. The number of hydrogen-bond acceptors (Lipinski definition) is 6. The number of carbonyl (C=O) groups excluding carboxylic acids is 1. The van der Waals surface area contributed by atoms with Crippen molar-refractivity contribution in [3.05, 3.63) is 41.5 Å². The average molecular weight is 377 g/mol. The molecule has 0 atom stereocenters. The summed E-state index contributed by atoms with van der Waals surface area (Å²) in [6.07, 6.45) is 3.25. The van der Waals surface area contributed by atoms with Gasteiger partial charge in [-0.25, -0.2) is 8.42 Å². The summed E-state index contributed by atoms with van der Waals surface area (Å²) in [5.41, 5.74) is 0.336. The van der Waals surface area contributed by atoms with Gasteiger partial charge in [0.25, 0.3) is 0 Å². The van der Waals surface area contributed by atoms with Crippen molar-refractivity contribution >= 4 is 15.7 Å². The molecular formula is C18H23N3O4S. The molecule has 8 heteroatoms. The molecule has 1 aliphatic carbocycles. The second-order valence-corrected chi connectivity index (χ2v) is 8.97. The van der Waals surface area contributed by atoms with Crippen LogP contribution in [0.15, 0.2) is 33.7 Å². The number of aromatic nitrogens is 2. The van der Waals surface area contributed by atoms with Crippen LogP contribution in [0.2, 0.25) is 0 Å². The van der Waals surface area contributed by atoms with Crippen LogP contribution in [-0.4, -0.2) is 30.2 Å². The maximum absolute atomic E-state index is 12.5. The second kappa shape index (κ2) is 7.19. The number of benzene rings is 1. The average Bonchev–Trinajstić information content (AvgIpc) is 3.23. The number of rotatable bonds is 6. The van der Waals surface area contributed by atoms with Gasteiger partial charge in [0.2, 0.25) is 11.8 Å². The smallest absolute Gasteiger partial charge is 0.223 e. The predicted molar refractivity (Wildman–Crippen MR) is 95.2 cm³/mol. The lowest BCUT2D eigenvalue weighted by Crippen LogP contribution is -2.45. The molecule has 0 unspecified atom stereocenters. The maximum Gasteiger partial charge on any atom is 0.223 e. The molecule has 1 saturated carbocycles. The van der Waals surface area contributed by atoms with Gasteiger partial charge in [-0.15, -0.1) is 0 Å². The van der Waals surface area contributed by atoms with E-state index in [0.29, 0.717) is 11.7 Å². The fourth-order valence-corrected chi connectivity index (χ4v) is 4.54. The van der Waals surface area contributed by atoms with Gasteiger partial charge in [0.1, 0.15) is 5.54 Å². The highest BCUT2D eigenvalue weighted by molar-refractivity contribution is 7.91. The number of amides is 1. The summed E-state index contributed by atoms with van der Waals surface area (Å²) in [6.45, 7) is 3.60. The van der Waals surface area contributed by atoms with Crippen molar-refractivity contribution in [1.29, 1.82) is 0 Å². The van der Waals surface area contributed by atoms with Crippen molar-refractivity contribution in [2.75, 3.05) is 5.75 Å². The summed E-state index contributed by atoms with van der Waals surface area (Å²) >= 11 is 0. The monoisotopic (exact) mass is 377 g/mol. The molecule has 1 heterocycles. The number of hydrogen-bond donors (Lipinski definition) is 1. The zero-order chi connectivity index (χ0) is 18.8. The lowest BCUT2D eigenvalue weighted by Gasteiger charge is -2.26. The number of aryl methyl sites for hydroxylation is 2. The summed E-state index contributed by atoms with van der Waals surface area (Å²) in [4.78, 5) is 17.0. The van der Waals surface area contributed by atoms with E-state index in [-0.39, 0.29) is 23.0 Å². The van der Waals surface area contributed by atoms with Gasteiger partial charge in [-0.3, -0.25) is 4.79 Å². The third kappa shape index (κ3) is 3.95. The van der Waals surface area contributed by atoms with Gasteiger partial charge >= 0.3 is 0 Å². The molecular weight excluding hydrogens is 354 g/mol. The van der Waals surface area contributed by atoms with Gasteiger partial charge in [-0.1, -0.05) is 35.7 Å². The second-order valence-electron chi connectivity index (χ2n) is 6.86. The van der Waals surface area contributed by atoms with Crippen LogP contribution in [0.3, 0.4) is 0 Å². The van der Waals surface area contributed by atoms with Crippen molar-refractivity contribution in [2.24, 2.45) is 0 Å². The van der Waals surface area contributed by atoms with Gasteiger partial charge in [-0.05, 0) is 31.9 Å². The van der Waals surface area contributed by atoms with Crippen molar-refractivity contribution in [2.45, 2.75) is 56.4 Å². The molecule has 1 aromatic heterocycles. The zero-order valence-electron chi connectivity index (χ0n) is 15.0. The first-order chi connectivity index (χ1) is 12.3. The summed E-state index contributed by atoms with van der Waals surface area (Å²) in [7, 11) is -3.50. The highest BCUT2D eigenvalue weighted by Crippen LogP contribution is 2.37. The SMILES string of the molecule is Cc1ccc(S(=O)(=O)CCC(=O)NC2(c3noc(C)n3)CCCC2)cc1. The molecule has 1 aromatic carbocycles. The summed E-state index contributed by atoms with van der Waals surface area (Å²) in [6, 6.07) is 6.64.